The number of rotatable bonds is 11. The zero-order valence-electron chi connectivity index (χ0n) is 19.5. The molecule has 0 saturated heterocycles. The Morgan fingerprint density at radius 2 is 1.56 bits per heavy atom. The van der Waals surface area contributed by atoms with E-state index in [4.69, 9.17) is 16.3 Å². The summed E-state index contributed by atoms with van der Waals surface area (Å²) in [6, 6.07) is 20.6. The van der Waals surface area contributed by atoms with Crippen molar-refractivity contribution in [1.29, 1.82) is 0 Å². The molecule has 3 aromatic rings. The van der Waals surface area contributed by atoms with Crippen molar-refractivity contribution in [2.75, 3.05) is 10.9 Å². The number of hydrogen-bond donors (Lipinski definition) is 0. The number of unbranched alkanes of at least 4 members (excludes halogenated alkanes) is 1. The third-order valence-corrected chi connectivity index (χ3v) is 7.41. The van der Waals surface area contributed by atoms with Gasteiger partial charge in [0.05, 0.1) is 17.2 Å². The lowest BCUT2D eigenvalue weighted by Crippen LogP contribution is -2.37. The average Bonchev–Trinajstić information content (AvgIpc) is 2.83. The predicted molar refractivity (Wildman–Crippen MR) is 137 cm³/mol. The van der Waals surface area contributed by atoms with E-state index in [1.807, 2.05) is 43.3 Å². The SMILES string of the molecule is CCCCc1ccc(N(C(=O)CCCOc2ccc(C)cc2)S(=O)(=O)c2ccc(Cl)cc2)cc1. The smallest absolute Gasteiger partial charge is 0.270 e. The summed E-state index contributed by atoms with van der Waals surface area (Å²) in [7, 11) is -4.11. The van der Waals surface area contributed by atoms with Gasteiger partial charge in [-0.25, -0.2) is 12.7 Å². The normalized spacial score (nSPS) is 11.3. The maximum atomic E-state index is 13.5. The third kappa shape index (κ3) is 6.84. The Kier molecular flexibility index (Phi) is 9.13. The van der Waals surface area contributed by atoms with Crippen LogP contribution in [0.15, 0.2) is 77.7 Å². The molecular weight excluding hydrogens is 470 g/mol. The van der Waals surface area contributed by atoms with Crippen LogP contribution in [0.5, 0.6) is 5.75 Å². The molecule has 5 nitrogen and oxygen atoms in total. The minimum absolute atomic E-state index is 0.0104. The number of halogens is 1. The Balaban J connectivity index is 1.78. The van der Waals surface area contributed by atoms with E-state index in [1.165, 1.54) is 24.3 Å². The van der Waals surface area contributed by atoms with Gasteiger partial charge in [-0.2, -0.15) is 0 Å². The fourth-order valence-corrected chi connectivity index (χ4v) is 5.03. The minimum atomic E-state index is -4.11. The first-order chi connectivity index (χ1) is 16.3. The maximum Gasteiger partial charge on any atom is 0.270 e. The first-order valence-electron chi connectivity index (χ1n) is 11.4. The van der Waals surface area contributed by atoms with Crippen molar-refractivity contribution < 1.29 is 17.9 Å². The van der Waals surface area contributed by atoms with Crippen LogP contribution in [0.25, 0.3) is 0 Å². The highest BCUT2D eigenvalue weighted by atomic mass is 35.5. The van der Waals surface area contributed by atoms with Gasteiger partial charge in [-0.15, -0.1) is 0 Å². The van der Waals surface area contributed by atoms with E-state index in [1.54, 1.807) is 12.1 Å². The van der Waals surface area contributed by atoms with Crippen molar-refractivity contribution in [2.24, 2.45) is 0 Å². The summed E-state index contributed by atoms with van der Waals surface area (Å²) in [5, 5.41) is 0.422. The van der Waals surface area contributed by atoms with E-state index >= 15 is 0 Å². The molecule has 0 unspecified atom stereocenters. The molecule has 3 aromatic carbocycles. The fourth-order valence-electron chi connectivity index (χ4n) is 3.46. The predicted octanol–water partition coefficient (Wildman–Crippen LogP) is 6.57. The Morgan fingerprint density at radius 1 is 0.912 bits per heavy atom. The molecule has 3 rings (SSSR count). The molecule has 0 spiro atoms. The van der Waals surface area contributed by atoms with Crippen molar-refractivity contribution >= 4 is 33.2 Å². The Bertz CT molecular complexity index is 1170. The van der Waals surface area contributed by atoms with Gasteiger partial charge in [-0.1, -0.05) is 54.8 Å². The number of hydrogen-bond acceptors (Lipinski definition) is 4. The van der Waals surface area contributed by atoms with Crippen molar-refractivity contribution in [2.45, 2.75) is 50.8 Å². The summed E-state index contributed by atoms with van der Waals surface area (Å²) in [5.74, 6) is 0.204. The van der Waals surface area contributed by atoms with Crippen LogP contribution < -0.4 is 9.04 Å². The van der Waals surface area contributed by atoms with Crippen LogP contribution in [-0.2, 0) is 21.2 Å². The number of carbonyl (C=O) groups is 1. The van der Waals surface area contributed by atoms with Crippen LogP contribution in [-0.4, -0.2) is 20.9 Å². The van der Waals surface area contributed by atoms with Gasteiger partial charge in [0.15, 0.2) is 0 Å². The van der Waals surface area contributed by atoms with Crippen molar-refractivity contribution in [3.63, 3.8) is 0 Å². The fraction of sp³-hybridized carbons (Fsp3) is 0.296. The number of sulfonamides is 1. The number of benzene rings is 3. The molecular formula is C27H30ClNO4S. The lowest BCUT2D eigenvalue weighted by molar-refractivity contribution is -0.117. The van der Waals surface area contributed by atoms with E-state index in [0.29, 0.717) is 29.5 Å². The van der Waals surface area contributed by atoms with Crippen molar-refractivity contribution in [3.05, 3.63) is 88.9 Å². The van der Waals surface area contributed by atoms with Crippen molar-refractivity contribution in [1.82, 2.24) is 0 Å². The highest BCUT2D eigenvalue weighted by Crippen LogP contribution is 2.27. The van der Waals surface area contributed by atoms with Crippen LogP contribution in [0.1, 0.15) is 43.7 Å². The standard InChI is InChI=1S/C27H30ClNO4S/c1-3-4-6-22-10-14-24(15-11-22)29(34(31,32)26-18-12-23(28)13-19-26)27(30)7-5-20-33-25-16-8-21(2)9-17-25/h8-19H,3-7,20H2,1-2H3. The molecule has 0 aliphatic carbocycles. The third-order valence-electron chi connectivity index (χ3n) is 5.39. The maximum absolute atomic E-state index is 13.5. The Hall–Kier alpha value is -2.83. The number of aryl methyl sites for hydroxylation is 2. The van der Waals surface area contributed by atoms with Crippen LogP contribution in [0, 0.1) is 6.92 Å². The average molecular weight is 500 g/mol. The van der Waals surface area contributed by atoms with Gasteiger partial charge >= 0.3 is 0 Å². The highest BCUT2D eigenvalue weighted by Gasteiger charge is 2.30. The molecule has 0 atom stereocenters. The lowest BCUT2D eigenvalue weighted by Gasteiger charge is -2.23. The number of carbonyl (C=O) groups excluding carboxylic acids is 1. The van der Waals surface area contributed by atoms with Gasteiger partial charge < -0.3 is 4.74 Å². The molecule has 0 aliphatic rings. The summed E-state index contributed by atoms with van der Waals surface area (Å²) in [5.41, 5.74) is 2.55. The van der Waals surface area contributed by atoms with Gasteiger partial charge in [0.2, 0.25) is 5.91 Å². The highest BCUT2D eigenvalue weighted by molar-refractivity contribution is 7.93. The monoisotopic (exact) mass is 499 g/mol. The minimum Gasteiger partial charge on any atom is -0.494 e. The summed E-state index contributed by atoms with van der Waals surface area (Å²) in [6.45, 7) is 4.42. The second-order valence-electron chi connectivity index (χ2n) is 8.15. The van der Waals surface area contributed by atoms with E-state index in [2.05, 4.69) is 6.92 Å². The van der Waals surface area contributed by atoms with Crippen LogP contribution in [0.2, 0.25) is 5.02 Å². The molecule has 34 heavy (non-hydrogen) atoms. The molecule has 180 valence electrons. The largest absolute Gasteiger partial charge is 0.494 e. The first-order valence-corrected chi connectivity index (χ1v) is 13.2. The van der Waals surface area contributed by atoms with E-state index in [-0.39, 0.29) is 11.3 Å². The Labute approximate surface area is 207 Å². The molecule has 0 bridgehead atoms. The summed E-state index contributed by atoms with van der Waals surface area (Å²) in [6.07, 6.45) is 3.43. The molecule has 0 saturated carbocycles. The van der Waals surface area contributed by atoms with Gasteiger partial charge in [0, 0.05) is 11.4 Å². The van der Waals surface area contributed by atoms with Crippen LogP contribution >= 0.6 is 11.6 Å². The van der Waals surface area contributed by atoms with Crippen molar-refractivity contribution in [3.8, 4) is 5.75 Å². The number of ether oxygens (including phenoxy) is 1. The van der Waals surface area contributed by atoms with Gasteiger partial charge in [-0.3, -0.25) is 4.79 Å². The molecule has 1 amide bonds. The van der Waals surface area contributed by atoms with E-state index in [0.717, 1.165) is 34.7 Å². The van der Waals surface area contributed by atoms with E-state index in [9.17, 15) is 13.2 Å². The van der Waals surface area contributed by atoms with E-state index < -0.39 is 15.9 Å². The molecule has 7 heteroatoms. The second kappa shape index (κ2) is 12.0. The molecule has 0 N–H and O–H groups in total. The first kappa shape index (κ1) is 25.8. The lowest BCUT2D eigenvalue weighted by atomic mass is 10.1. The Morgan fingerprint density at radius 3 is 2.18 bits per heavy atom. The van der Waals surface area contributed by atoms with Crippen LogP contribution in [0.3, 0.4) is 0 Å². The molecule has 0 aliphatic heterocycles. The van der Waals surface area contributed by atoms with Gasteiger partial charge in [0.25, 0.3) is 10.0 Å². The molecule has 0 heterocycles. The quantitative estimate of drug-likeness (QED) is 0.280. The molecule has 0 radical (unpaired) electrons. The summed E-state index contributed by atoms with van der Waals surface area (Å²) < 4.78 is 33.5. The zero-order chi connectivity index (χ0) is 24.6. The van der Waals surface area contributed by atoms with Gasteiger partial charge in [-0.05, 0) is 80.3 Å². The number of nitrogens with zero attached hydrogens (tertiary/aromatic N) is 1. The molecule has 0 fully saturated rings. The molecule has 0 aromatic heterocycles. The second-order valence-corrected chi connectivity index (χ2v) is 10.4. The topological polar surface area (TPSA) is 63.7 Å². The van der Waals surface area contributed by atoms with Crippen LogP contribution in [0.4, 0.5) is 5.69 Å². The zero-order valence-corrected chi connectivity index (χ0v) is 21.1. The van der Waals surface area contributed by atoms with Gasteiger partial charge in [0.1, 0.15) is 5.75 Å². The summed E-state index contributed by atoms with van der Waals surface area (Å²) >= 11 is 5.93. The number of anilines is 1. The number of amides is 1. The summed E-state index contributed by atoms with van der Waals surface area (Å²) in [4.78, 5) is 13.2.